The van der Waals surface area contributed by atoms with Crippen LogP contribution in [0.4, 0.5) is 0 Å². The minimum Gasteiger partial charge on any atom is -0.292 e. The number of carbonyl (C=O) groups excluding carboxylic acids is 1. The number of rotatable bonds is 7. The van der Waals surface area contributed by atoms with Crippen LogP contribution in [0.2, 0.25) is 0 Å². The van der Waals surface area contributed by atoms with E-state index in [0.717, 1.165) is 38.2 Å². The lowest BCUT2D eigenvalue weighted by Crippen LogP contribution is -2.21. The molecule has 1 radical (unpaired) electrons. The van der Waals surface area contributed by atoms with Gasteiger partial charge in [-0.3, -0.25) is 4.89 Å². The van der Waals surface area contributed by atoms with Crippen LogP contribution >= 0.6 is 0 Å². The number of benzene rings is 1. The van der Waals surface area contributed by atoms with E-state index in [4.69, 9.17) is 9.78 Å². The maximum absolute atomic E-state index is 12.0. The van der Waals surface area contributed by atoms with Crippen molar-refractivity contribution in [3.63, 3.8) is 0 Å². The first-order valence-corrected chi connectivity index (χ1v) is 8.58. The van der Waals surface area contributed by atoms with Gasteiger partial charge in [0.15, 0.2) is 6.10 Å². The Kier molecular flexibility index (Phi) is 6.91. The Morgan fingerprint density at radius 2 is 1.95 bits per heavy atom. The fourth-order valence-electron chi connectivity index (χ4n) is 2.92. The third kappa shape index (κ3) is 4.84. The Balaban J connectivity index is 1.83. The quantitative estimate of drug-likeness (QED) is 0.510. The van der Waals surface area contributed by atoms with Crippen LogP contribution in [-0.2, 0) is 16.2 Å². The van der Waals surface area contributed by atoms with Gasteiger partial charge in [-0.05, 0) is 49.3 Å². The van der Waals surface area contributed by atoms with Crippen molar-refractivity contribution in [2.75, 3.05) is 0 Å². The molecular weight excluding hydrogens is 276 g/mol. The zero-order chi connectivity index (χ0) is 15.8. The van der Waals surface area contributed by atoms with Crippen molar-refractivity contribution in [1.29, 1.82) is 0 Å². The van der Waals surface area contributed by atoms with Crippen molar-refractivity contribution in [2.24, 2.45) is 5.92 Å². The van der Waals surface area contributed by atoms with E-state index in [1.165, 1.54) is 24.8 Å². The molecule has 0 bridgehead atoms. The van der Waals surface area contributed by atoms with Crippen LogP contribution < -0.4 is 0 Å². The van der Waals surface area contributed by atoms with E-state index < -0.39 is 5.97 Å². The zero-order valence-corrected chi connectivity index (χ0v) is 13.8. The van der Waals surface area contributed by atoms with Gasteiger partial charge in [-0.15, -0.1) is 0 Å². The standard InChI is InChI=1S/C19H27O3/c1-3-5-8-15-11-13-17(14-12-15)19(20)22-21-18-10-7-6-9-16(18)4-2/h11-14,16H,3-10H2,1-2H3. The number of hydrogen-bond acceptors (Lipinski definition) is 3. The molecule has 2 rings (SSSR count). The highest BCUT2D eigenvalue weighted by Gasteiger charge is 2.28. The fraction of sp³-hybridized carbons (Fsp3) is 0.579. The lowest BCUT2D eigenvalue weighted by molar-refractivity contribution is -0.247. The highest BCUT2D eigenvalue weighted by Crippen LogP contribution is 2.34. The summed E-state index contributed by atoms with van der Waals surface area (Å²) in [5.74, 6) is 0.0212. The van der Waals surface area contributed by atoms with Crippen LogP contribution in [0.5, 0.6) is 0 Å². The van der Waals surface area contributed by atoms with Gasteiger partial charge in [0, 0.05) is 0 Å². The van der Waals surface area contributed by atoms with Crippen LogP contribution in [0.25, 0.3) is 0 Å². The van der Waals surface area contributed by atoms with E-state index >= 15 is 0 Å². The summed E-state index contributed by atoms with van der Waals surface area (Å²) in [6.07, 6.45) is 9.77. The highest BCUT2D eigenvalue weighted by molar-refractivity contribution is 5.88. The van der Waals surface area contributed by atoms with E-state index in [1.807, 2.05) is 24.3 Å². The Morgan fingerprint density at radius 1 is 1.18 bits per heavy atom. The average molecular weight is 303 g/mol. The lowest BCUT2D eigenvalue weighted by Gasteiger charge is -2.27. The minimum absolute atomic E-state index is 0.407. The molecule has 1 aliphatic carbocycles. The van der Waals surface area contributed by atoms with E-state index in [1.54, 1.807) is 0 Å². The molecule has 3 nitrogen and oxygen atoms in total. The second kappa shape index (κ2) is 8.94. The van der Waals surface area contributed by atoms with E-state index in [9.17, 15) is 4.79 Å². The molecule has 1 saturated carbocycles. The molecule has 0 aliphatic heterocycles. The van der Waals surface area contributed by atoms with E-state index in [0.29, 0.717) is 11.5 Å². The largest absolute Gasteiger partial charge is 0.373 e. The Morgan fingerprint density at radius 3 is 2.64 bits per heavy atom. The molecular formula is C19H27O3. The maximum Gasteiger partial charge on any atom is 0.373 e. The first kappa shape index (κ1) is 17.0. The SMILES string of the molecule is CCCCc1ccc(C(=O)OO[C]2CCCCC2CC)cc1. The maximum atomic E-state index is 12.0. The molecule has 1 aromatic rings. The number of aryl methyl sites for hydroxylation is 1. The predicted octanol–water partition coefficient (Wildman–Crippen LogP) is 5.25. The third-order valence-electron chi connectivity index (χ3n) is 4.41. The van der Waals surface area contributed by atoms with Gasteiger partial charge in [0.2, 0.25) is 0 Å². The topological polar surface area (TPSA) is 35.5 Å². The van der Waals surface area contributed by atoms with Gasteiger partial charge in [0.05, 0.1) is 5.56 Å². The van der Waals surface area contributed by atoms with Crippen molar-refractivity contribution < 1.29 is 14.6 Å². The van der Waals surface area contributed by atoms with Gasteiger partial charge in [-0.25, -0.2) is 4.79 Å². The number of unbranched alkanes of at least 4 members (excludes halogenated alkanes) is 1. The van der Waals surface area contributed by atoms with E-state index in [-0.39, 0.29) is 0 Å². The molecule has 121 valence electrons. The Hall–Kier alpha value is -1.35. The van der Waals surface area contributed by atoms with Crippen LogP contribution in [-0.4, -0.2) is 5.97 Å². The summed E-state index contributed by atoms with van der Waals surface area (Å²) in [6.45, 7) is 4.33. The highest BCUT2D eigenvalue weighted by atomic mass is 17.2. The van der Waals surface area contributed by atoms with Gasteiger partial charge >= 0.3 is 5.97 Å². The van der Waals surface area contributed by atoms with Crippen molar-refractivity contribution in [3.05, 3.63) is 41.5 Å². The zero-order valence-electron chi connectivity index (χ0n) is 13.8. The predicted molar refractivity (Wildman–Crippen MR) is 87.0 cm³/mol. The van der Waals surface area contributed by atoms with Crippen LogP contribution in [0.3, 0.4) is 0 Å². The molecule has 3 heteroatoms. The molecule has 0 aromatic heterocycles. The molecule has 0 amide bonds. The van der Waals surface area contributed by atoms with Gasteiger partial charge in [-0.1, -0.05) is 51.7 Å². The second-order valence-corrected chi connectivity index (χ2v) is 6.07. The molecule has 1 atom stereocenters. The van der Waals surface area contributed by atoms with E-state index in [2.05, 4.69) is 13.8 Å². The fourth-order valence-corrected chi connectivity index (χ4v) is 2.92. The van der Waals surface area contributed by atoms with Crippen molar-refractivity contribution in [3.8, 4) is 0 Å². The normalized spacial score (nSPS) is 19.1. The van der Waals surface area contributed by atoms with Gasteiger partial charge < -0.3 is 0 Å². The molecule has 0 spiro atoms. The monoisotopic (exact) mass is 303 g/mol. The van der Waals surface area contributed by atoms with Gasteiger partial charge in [-0.2, -0.15) is 4.89 Å². The third-order valence-corrected chi connectivity index (χ3v) is 4.41. The molecule has 22 heavy (non-hydrogen) atoms. The summed E-state index contributed by atoms with van der Waals surface area (Å²) in [7, 11) is 0. The lowest BCUT2D eigenvalue weighted by atomic mass is 9.85. The van der Waals surface area contributed by atoms with Crippen molar-refractivity contribution in [2.45, 2.75) is 65.2 Å². The summed E-state index contributed by atoms with van der Waals surface area (Å²) in [5.41, 5.74) is 1.80. The second-order valence-electron chi connectivity index (χ2n) is 6.07. The van der Waals surface area contributed by atoms with Gasteiger partial charge in [0.1, 0.15) is 0 Å². The van der Waals surface area contributed by atoms with Gasteiger partial charge in [0.25, 0.3) is 0 Å². The van der Waals surface area contributed by atoms with Crippen LogP contribution in [0.15, 0.2) is 24.3 Å². The minimum atomic E-state index is -0.407. The Labute approximate surface area is 133 Å². The smallest absolute Gasteiger partial charge is 0.292 e. The summed E-state index contributed by atoms with van der Waals surface area (Å²) >= 11 is 0. The summed E-state index contributed by atoms with van der Waals surface area (Å²) in [6, 6.07) is 7.63. The summed E-state index contributed by atoms with van der Waals surface area (Å²) in [5, 5.41) is 0. The number of hydrogen-bond donors (Lipinski definition) is 0. The molecule has 1 fully saturated rings. The van der Waals surface area contributed by atoms with Crippen LogP contribution in [0.1, 0.15) is 74.7 Å². The van der Waals surface area contributed by atoms with Crippen molar-refractivity contribution >= 4 is 5.97 Å². The first-order chi connectivity index (χ1) is 10.7. The molecule has 0 saturated heterocycles. The summed E-state index contributed by atoms with van der Waals surface area (Å²) in [4.78, 5) is 22.5. The Bertz CT molecular complexity index is 452. The molecule has 1 aliphatic rings. The molecule has 0 heterocycles. The summed E-state index contributed by atoms with van der Waals surface area (Å²) < 4.78 is 0. The van der Waals surface area contributed by atoms with Crippen molar-refractivity contribution in [1.82, 2.24) is 0 Å². The molecule has 0 N–H and O–H groups in total. The number of carbonyl (C=O) groups is 1. The average Bonchev–Trinajstić information content (AvgIpc) is 2.58. The first-order valence-electron chi connectivity index (χ1n) is 8.58. The molecule has 1 unspecified atom stereocenters. The van der Waals surface area contributed by atoms with Crippen LogP contribution in [0, 0.1) is 12.0 Å². The molecule has 1 aromatic carbocycles.